The summed E-state index contributed by atoms with van der Waals surface area (Å²) in [6.07, 6.45) is 8.26. The Bertz CT molecular complexity index is 997. The average Bonchev–Trinajstić information content (AvgIpc) is 3.68. The molecule has 3 aromatic heterocycles. The number of carbonyl (C=O) groups is 1. The summed E-state index contributed by atoms with van der Waals surface area (Å²) in [5.41, 5.74) is 1.24. The lowest BCUT2D eigenvalue weighted by Gasteiger charge is -2.05. The van der Waals surface area contributed by atoms with E-state index in [1.165, 1.54) is 24.4 Å². The van der Waals surface area contributed by atoms with Gasteiger partial charge >= 0.3 is 0 Å². The van der Waals surface area contributed by atoms with Crippen molar-refractivity contribution in [3.63, 3.8) is 0 Å². The highest BCUT2D eigenvalue weighted by Crippen LogP contribution is 2.28. The van der Waals surface area contributed by atoms with Gasteiger partial charge in [-0.05, 0) is 55.9 Å². The molecule has 3 heterocycles. The van der Waals surface area contributed by atoms with Gasteiger partial charge < -0.3 is 15.4 Å². The molecular formula is C20H20N6O2S. The molecule has 1 amide bonds. The lowest BCUT2D eigenvalue weighted by atomic mass is 10.2. The summed E-state index contributed by atoms with van der Waals surface area (Å²) >= 11 is 1.23. The second-order valence-electron chi connectivity index (χ2n) is 7.33. The zero-order valence-electron chi connectivity index (χ0n) is 15.7. The van der Waals surface area contributed by atoms with E-state index in [1.54, 1.807) is 24.5 Å². The topological polar surface area (TPSA) is 102 Å². The van der Waals surface area contributed by atoms with E-state index in [0.29, 0.717) is 40.1 Å². The Morgan fingerprint density at radius 1 is 1.10 bits per heavy atom. The monoisotopic (exact) mass is 408 g/mol. The van der Waals surface area contributed by atoms with Gasteiger partial charge in [0.25, 0.3) is 5.91 Å². The SMILES string of the molecule is O=C(NCC1CC1)c1ccc(Nc2nc(-c3ccc(OC4CC4)cn3)ns2)nc1. The number of nitrogens with zero attached hydrogens (tertiary/aromatic N) is 4. The summed E-state index contributed by atoms with van der Waals surface area (Å²) in [4.78, 5) is 25.2. The van der Waals surface area contributed by atoms with E-state index in [1.807, 2.05) is 12.1 Å². The van der Waals surface area contributed by atoms with Crippen molar-refractivity contribution in [2.75, 3.05) is 11.9 Å². The molecule has 0 atom stereocenters. The molecule has 148 valence electrons. The number of anilines is 2. The number of hydrogen-bond donors (Lipinski definition) is 2. The van der Waals surface area contributed by atoms with E-state index in [0.717, 1.165) is 25.1 Å². The van der Waals surface area contributed by atoms with Crippen molar-refractivity contribution in [3.8, 4) is 17.3 Å². The molecule has 2 fully saturated rings. The molecule has 0 unspecified atom stereocenters. The van der Waals surface area contributed by atoms with Crippen molar-refractivity contribution in [2.45, 2.75) is 31.8 Å². The van der Waals surface area contributed by atoms with Gasteiger partial charge in [-0.1, -0.05) is 0 Å². The molecule has 2 saturated carbocycles. The molecule has 2 aliphatic carbocycles. The largest absolute Gasteiger partial charge is 0.489 e. The summed E-state index contributed by atoms with van der Waals surface area (Å²) < 4.78 is 10.1. The van der Waals surface area contributed by atoms with Gasteiger partial charge in [-0.25, -0.2) is 9.97 Å². The number of ether oxygens (including phenoxy) is 1. The Morgan fingerprint density at radius 2 is 2.00 bits per heavy atom. The first kappa shape index (κ1) is 18.0. The Kier molecular flexibility index (Phi) is 4.81. The van der Waals surface area contributed by atoms with E-state index < -0.39 is 0 Å². The van der Waals surface area contributed by atoms with Crippen molar-refractivity contribution >= 4 is 28.4 Å². The third-order valence-electron chi connectivity index (χ3n) is 4.73. The zero-order chi connectivity index (χ0) is 19.6. The second kappa shape index (κ2) is 7.75. The van der Waals surface area contributed by atoms with Gasteiger partial charge in [-0.2, -0.15) is 9.36 Å². The highest BCUT2D eigenvalue weighted by molar-refractivity contribution is 7.09. The molecule has 0 spiro atoms. The fourth-order valence-corrected chi connectivity index (χ4v) is 3.30. The molecule has 0 aromatic carbocycles. The zero-order valence-corrected chi connectivity index (χ0v) is 16.5. The van der Waals surface area contributed by atoms with Crippen LogP contribution >= 0.6 is 11.5 Å². The first-order valence-electron chi connectivity index (χ1n) is 9.71. The van der Waals surface area contributed by atoms with E-state index in [4.69, 9.17) is 4.74 Å². The molecule has 0 bridgehead atoms. The molecule has 3 aromatic rings. The maximum absolute atomic E-state index is 12.1. The van der Waals surface area contributed by atoms with Gasteiger partial charge in [0.15, 0.2) is 5.82 Å². The first-order chi connectivity index (χ1) is 14.2. The third kappa shape index (κ3) is 4.68. The van der Waals surface area contributed by atoms with Crippen LogP contribution in [0.1, 0.15) is 36.0 Å². The van der Waals surface area contributed by atoms with Gasteiger partial charge in [0, 0.05) is 24.3 Å². The maximum atomic E-state index is 12.1. The van der Waals surface area contributed by atoms with Crippen molar-refractivity contribution in [2.24, 2.45) is 5.92 Å². The minimum absolute atomic E-state index is 0.0886. The summed E-state index contributed by atoms with van der Waals surface area (Å²) in [7, 11) is 0. The van der Waals surface area contributed by atoms with Crippen LogP contribution in [0.4, 0.5) is 10.9 Å². The standard InChI is InChI=1S/C20H20N6O2S/c27-19(23-9-12-1-2-12)13-3-8-17(22-10-13)24-20-25-18(26-29-20)16-7-6-15(11-21-16)28-14-4-5-14/h3,6-8,10-12,14H,1-2,4-5,9H2,(H,23,27)(H,22,24,25,26). The van der Waals surface area contributed by atoms with Gasteiger partial charge in [0.05, 0.1) is 17.9 Å². The van der Waals surface area contributed by atoms with Crippen molar-refractivity contribution in [1.29, 1.82) is 0 Å². The number of rotatable bonds is 8. The van der Waals surface area contributed by atoms with Crippen LogP contribution in [0.3, 0.4) is 0 Å². The van der Waals surface area contributed by atoms with Crippen molar-refractivity contribution in [1.82, 2.24) is 24.6 Å². The minimum atomic E-state index is -0.0886. The van der Waals surface area contributed by atoms with E-state index in [9.17, 15) is 4.79 Å². The minimum Gasteiger partial charge on any atom is -0.489 e. The number of aromatic nitrogens is 4. The van der Waals surface area contributed by atoms with E-state index in [2.05, 4.69) is 30.0 Å². The van der Waals surface area contributed by atoms with Gasteiger partial charge in [-0.15, -0.1) is 0 Å². The quantitative estimate of drug-likeness (QED) is 0.589. The van der Waals surface area contributed by atoms with E-state index in [-0.39, 0.29) is 5.91 Å². The molecule has 0 saturated heterocycles. The molecule has 2 aliphatic rings. The maximum Gasteiger partial charge on any atom is 0.252 e. The fourth-order valence-electron chi connectivity index (χ4n) is 2.71. The fraction of sp³-hybridized carbons (Fsp3) is 0.350. The molecule has 9 heteroatoms. The van der Waals surface area contributed by atoms with Gasteiger partial charge in [0.2, 0.25) is 5.13 Å². The number of hydrogen-bond acceptors (Lipinski definition) is 8. The summed E-state index contributed by atoms with van der Waals surface area (Å²) in [5, 5.41) is 6.66. The smallest absolute Gasteiger partial charge is 0.252 e. The van der Waals surface area contributed by atoms with Gasteiger partial charge in [-0.3, -0.25) is 4.79 Å². The highest BCUT2D eigenvalue weighted by Gasteiger charge is 2.23. The Morgan fingerprint density at radius 3 is 2.69 bits per heavy atom. The van der Waals surface area contributed by atoms with Crippen LogP contribution in [0.2, 0.25) is 0 Å². The molecule has 2 N–H and O–H groups in total. The predicted octanol–water partition coefficient (Wildman–Crippen LogP) is 3.42. The van der Waals surface area contributed by atoms with Crippen LogP contribution in [-0.2, 0) is 0 Å². The normalized spacial score (nSPS) is 15.7. The lowest BCUT2D eigenvalue weighted by molar-refractivity contribution is 0.0951. The number of amides is 1. The van der Waals surface area contributed by atoms with Crippen LogP contribution in [-0.4, -0.2) is 37.9 Å². The average molecular weight is 408 g/mol. The number of nitrogens with one attached hydrogen (secondary N) is 2. The van der Waals surface area contributed by atoms with Crippen molar-refractivity contribution in [3.05, 3.63) is 42.2 Å². The van der Waals surface area contributed by atoms with Crippen LogP contribution < -0.4 is 15.4 Å². The number of pyridine rings is 2. The molecule has 5 rings (SSSR count). The summed E-state index contributed by atoms with van der Waals surface area (Å²) in [5.74, 6) is 2.49. The Labute approximate surface area is 171 Å². The number of carbonyl (C=O) groups excluding carboxylic acids is 1. The summed E-state index contributed by atoms with van der Waals surface area (Å²) in [6.45, 7) is 0.744. The predicted molar refractivity (Wildman–Crippen MR) is 109 cm³/mol. The van der Waals surface area contributed by atoms with Crippen LogP contribution in [0.5, 0.6) is 5.75 Å². The molecule has 0 aliphatic heterocycles. The van der Waals surface area contributed by atoms with Crippen molar-refractivity contribution < 1.29 is 9.53 Å². The molecular weight excluding hydrogens is 388 g/mol. The summed E-state index contributed by atoms with van der Waals surface area (Å²) in [6, 6.07) is 7.26. The Hall–Kier alpha value is -3.07. The van der Waals surface area contributed by atoms with E-state index >= 15 is 0 Å². The van der Waals surface area contributed by atoms with Gasteiger partial charge in [0.1, 0.15) is 17.3 Å². The van der Waals surface area contributed by atoms with Crippen LogP contribution in [0, 0.1) is 5.92 Å². The first-order valence-corrected chi connectivity index (χ1v) is 10.5. The second-order valence-corrected chi connectivity index (χ2v) is 8.08. The molecule has 8 nitrogen and oxygen atoms in total. The molecule has 29 heavy (non-hydrogen) atoms. The highest BCUT2D eigenvalue weighted by atomic mass is 32.1. The third-order valence-corrected chi connectivity index (χ3v) is 5.36. The molecule has 0 radical (unpaired) electrons. The van der Waals surface area contributed by atoms with Crippen LogP contribution in [0.25, 0.3) is 11.5 Å². The van der Waals surface area contributed by atoms with Crippen LogP contribution in [0.15, 0.2) is 36.7 Å². The Balaban J connectivity index is 1.19. The lowest BCUT2D eigenvalue weighted by Crippen LogP contribution is -2.25.